The van der Waals surface area contributed by atoms with Crippen LogP contribution in [0.1, 0.15) is 85.4 Å². The van der Waals surface area contributed by atoms with Gasteiger partial charge in [-0.3, -0.25) is 14.7 Å². The molecule has 0 amide bonds. The first-order valence-electron chi connectivity index (χ1n) is 14.9. The second-order valence-electron chi connectivity index (χ2n) is 12.1. The molecule has 210 valence electrons. The smallest absolute Gasteiger partial charge is 0.306 e. The lowest BCUT2D eigenvalue weighted by atomic mass is 9.82. The highest BCUT2D eigenvalue weighted by Gasteiger charge is 2.39. The molecule has 2 aromatic carbocycles. The number of hydrogen-bond donors (Lipinski definition) is 1. The molecule has 3 aromatic rings. The van der Waals surface area contributed by atoms with Crippen molar-refractivity contribution in [1.29, 1.82) is 0 Å². The van der Waals surface area contributed by atoms with Crippen LogP contribution < -0.4 is 4.74 Å². The number of benzene rings is 2. The van der Waals surface area contributed by atoms with Crippen LogP contribution in [0.2, 0.25) is 0 Å². The van der Waals surface area contributed by atoms with E-state index < -0.39 is 11.9 Å². The van der Waals surface area contributed by atoms with Crippen molar-refractivity contribution in [1.82, 2.24) is 9.88 Å². The second kappa shape index (κ2) is 11.3. The predicted molar refractivity (Wildman–Crippen MR) is 154 cm³/mol. The van der Waals surface area contributed by atoms with Crippen molar-refractivity contribution in [2.45, 2.75) is 77.4 Å². The molecule has 1 saturated carbocycles. The summed E-state index contributed by atoms with van der Waals surface area (Å²) in [5.74, 6) is -0.141. The third-order valence-electron chi connectivity index (χ3n) is 9.11. The Labute approximate surface area is 236 Å². The van der Waals surface area contributed by atoms with Crippen molar-refractivity contribution >= 4 is 5.97 Å². The molecule has 1 unspecified atom stereocenters. The van der Waals surface area contributed by atoms with E-state index in [9.17, 15) is 14.3 Å². The van der Waals surface area contributed by atoms with Crippen LogP contribution in [0.4, 0.5) is 4.39 Å². The van der Waals surface area contributed by atoms with Gasteiger partial charge < -0.3 is 9.84 Å². The molecule has 2 fully saturated rings. The average molecular weight is 543 g/mol. The van der Waals surface area contributed by atoms with Gasteiger partial charge in [0.15, 0.2) is 0 Å². The highest BCUT2D eigenvalue weighted by molar-refractivity contribution is 5.71. The molecule has 5 nitrogen and oxygen atoms in total. The molecule has 40 heavy (non-hydrogen) atoms. The molecule has 6 heteroatoms. The minimum Gasteiger partial charge on any atom is -0.485 e. The van der Waals surface area contributed by atoms with Gasteiger partial charge >= 0.3 is 5.97 Å². The molecule has 0 spiro atoms. The Morgan fingerprint density at radius 1 is 1.07 bits per heavy atom. The van der Waals surface area contributed by atoms with Gasteiger partial charge in [0.1, 0.15) is 17.7 Å². The van der Waals surface area contributed by atoms with Crippen LogP contribution in [0.5, 0.6) is 5.75 Å². The van der Waals surface area contributed by atoms with Crippen molar-refractivity contribution in [2.24, 2.45) is 11.8 Å². The number of piperidine rings is 1. The highest BCUT2D eigenvalue weighted by Crippen LogP contribution is 2.48. The van der Waals surface area contributed by atoms with E-state index >= 15 is 0 Å². The molecular weight excluding hydrogens is 503 g/mol. The zero-order valence-corrected chi connectivity index (χ0v) is 23.5. The van der Waals surface area contributed by atoms with E-state index in [1.54, 1.807) is 0 Å². The van der Waals surface area contributed by atoms with E-state index in [2.05, 4.69) is 46.3 Å². The third kappa shape index (κ3) is 5.64. The minimum atomic E-state index is -0.740. The molecule has 6 rings (SSSR count). The third-order valence-corrected chi connectivity index (χ3v) is 9.11. The maximum atomic E-state index is 15.0. The SMILES string of the molecule is Cc1cc(-c2ccc(C3CCc4ccc([C@H](C5CC5)[C@H](C)C(=O)O)cc4O3)cc2CN2CCCCC2)c(F)cn1. The van der Waals surface area contributed by atoms with Gasteiger partial charge in [0.05, 0.1) is 12.1 Å². The summed E-state index contributed by atoms with van der Waals surface area (Å²) in [6.07, 6.45) is 8.85. The van der Waals surface area contributed by atoms with Crippen LogP contribution in [0.25, 0.3) is 11.1 Å². The van der Waals surface area contributed by atoms with E-state index in [0.717, 1.165) is 79.0 Å². The maximum Gasteiger partial charge on any atom is 0.306 e. The van der Waals surface area contributed by atoms with E-state index in [1.165, 1.54) is 31.0 Å². The highest BCUT2D eigenvalue weighted by atomic mass is 19.1. The number of carboxylic acid groups (broad SMARTS) is 1. The Hall–Kier alpha value is -3.25. The predicted octanol–water partition coefficient (Wildman–Crippen LogP) is 7.46. The van der Waals surface area contributed by atoms with E-state index in [4.69, 9.17) is 4.74 Å². The zero-order chi connectivity index (χ0) is 27.8. The lowest BCUT2D eigenvalue weighted by Gasteiger charge is -2.30. The fourth-order valence-electron chi connectivity index (χ4n) is 6.72. The molecule has 0 bridgehead atoms. The average Bonchev–Trinajstić information content (AvgIpc) is 3.80. The second-order valence-corrected chi connectivity index (χ2v) is 12.1. The number of aliphatic carboxylic acids is 1. The van der Waals surface area contributed by atoms with Crippen LogP contribution in [0, 0.1) is 24.6 Å². The Bertz CT molecular complexity index is 1400. The van der Waals surface area contributed by atoms with Gasteiger partial charge in [-0.05, 0) is 110 Å². The molecule has 1 aliphatic carbocycles. The number of nitrogens with zero attached hydrogens (tertiary/aromatic N) is 2. The topological polar surface area (TPSA) is 62.7 Å². The molecule has 1 saturated heterocycles. The van der Waals surface area contributed by atoms with Gasteiger partial charge in [-0.1, -0.05) is 43.7 Å². The molecule has 1 aromatic heterocycles. The number of hydrogen-bond acceptors (Lipinski definition) is 4. The zero-order valence-electron chi connectivity index (χ0n) is 23.5. The van der Waals surface area contributed by atoms with Crippen molar-refractivity contribution < 1.29 is 19.0 Å². The standard InChI is InChI=1S/C34H39FN2O3/c1-21-16-29(30(35)19-36-21)28-12-10-25(17-27(28)20-37-14-4-3-5-15-37)31-13-11-23-6-9-26(18-32(23)40-31)33(24-7-8-24)22(2)34(38)39/h6,9-10,12,16-19,22,24,31,33H,3-5,7-8,11,13-15,20H2,1-2H3,(H,38,39)/t22-,31?,33-/m0/s1. The Balaban J connectivity index is 1.31. The number of pyridine rings is 1. The van der Waals surface area contributed by atoms with Gasteiger partial charge in [-0.15, -0.1) is 0 Å². The molecule has 3 aliphatic rings. The van der Waals surface area contributed by atoms with Crippen molar-refractivity contribution in [2.75, 3.05) is 13.1 Å². The molecular formula is C34H39FN2O3. The van der Waals surface area contributed by atoms with Crippen LogP contribution in [-0.4, -0.2) is 34.0 Å². The van der Waals surface area contributed by atoms with Crippen molar-refractivity contribution in [3.63, 3.8) is 0 Å². The van der Waals surface area contributed by atoms with Gasteiger partial charge in [0.25, 0.3) is 0 Å². The van der Waals surface area contributed by atoms with Gasteiger partial charge in [-0.2, -0.15) is 0 Å². The first-order valence-corrected chi connectivity index (χ1v) is 14.9. The number of rotatable bonds is 8. The number of carboxylic acids is 1. The molecule has 3 atom stereocenters. The van der Waals surface area contributed by atoms with Crippen LogP contribution in [0.3, 0.4) is 0 Å². The maximum absolute atomic E-state index is 15.0. The molecule has 3 heterocycles. The number of aryl methyl sites for hydroxylation is 2. The largest absolute Gasteiger partial charge is 0.485 e. The summed E-state index contributed by atoms with van der Waals surface area (Å²) in [7, 11) is 0. The fraction of sp³-hybridized carbons (Fsp3) is 0.471. The van der Waals surface area contributed by atoms with Gasteiger partial charge in [0, 0.05) is 17.8 Å². The quantitative estimate of drug-likeness (QED) is 0.320. The molecule has 1 N–H and O–H groups in total. The van der Waals surface area contributed by atoms with Crippen LogP contribution in [0.15, 0.2) is 48.7 Å². The van der Waals surface area contributed by atoms with Crippen molar-refractivity contribution in [3.8, 4) is 16.9 Å². The van der Waals surface area contributed by atoms with Crippen LogP contribution in [-0.2, 0) is 17.8 Å². The lowest BCUT2D eigenvalue weighted by molar-refractivity contribution is -0.142. The normalized spacial score (nSPS) is 20.8. The van der Waals surface area contributed by atoms with E-state index in [-0.39, 0.29) is 17.8 Å². The number of aromatic nitrogens is 1. The Kier molecular flexibility index (Phi) is 7.63. The van der Waals surface area contributed by atoms with E-state index in [1.807, 2.05) is 19.9 Å². The Morgan fingerprint density at radius 3 is 2.62 bits per heavy atom. The lowest BCUT2D eigenvalue weighted by Crippen LogP contribution is -2.29. The monoisotopic (exact) mass is 542 g/mol. The number of carbonyl (C=O) groups is 1. The number of likely N-dealkylation sites (tertiary alicyclic amines) is 1. The molecule has 2 aliphatic heterocycles. The van der Waals surface area contributed by atoms with Gasteiger partial charge in [-0.25, -0.2) is 4.39 Å². The summed E-state index contributed by atoms with van der Waals surface area (Å²) >= 11 is 0. The summed E-state index contributed by atoms with van der Waals surface area (Å²) in [6.45, 7) is 6.64. The van der Waals surface area contributed by atoms with Crippen LogP contribution >= 0.6 is 0 Å². The first-order chi connectivity index (χ1) is 19.4. The minimum absolute atomic E-state index is 0.0147. The molecule has 0 radical (unpaired) electrons. The number of ether oxygens (including phenoxy) is 1. The fourth-order valence-corrected chi connectivity index (χ4v) is 6.72. The van der Waals surface area contributed by atoms with Crippen molar-refractivity contribution in [3.05, 3.63) is 82.4 Å². The summed E-state index contributed by atoms with van der Waals surface area (Å²) in [5.41, 5.74) is 6.80. The Morgan fingerprint density at radius 2 is 1.88 bits per heavy atom. The summed E-state index contributed by atoms with van der Waals surface area (Å²) in [5, 5.41) is 9.74. The first kappa shape index (κ1) is 26.9. The van der Waals surface area contributed by atoms with Gasteiger partial charge in [0.2, 0.25) is 0 Å². The van der Waals surface area contributed by atoms with E-state index in [0.29, 0.717) is 11.5 Å². The number of fused-ring (bicyclic) bond motifs is 1. The summed E-state index contributed by atoms with van der Waals surface area (Å²) in [6, 6.07) is 14.5. The number of halogens is 1. The summed E-state index contributed by atoms with van der Waals surface area (Å²) < 4.78 is 21.6. The summed E-state index contributed by atoms with van der Waals surface area (Å²) in [4.78, 5) is 18.5.